The Morgan fingerprint density at radius 1 is 1.75 bits per heavy atom. The molecule has 6 heteroatoms. The highest BCUT2D eigenvalue weighted by Crippen LogP contribution is 1.81. The van der Waals surface area contributed by atoms with Gasteiger partial charge >= 0.3 is 10.3 Å². The Morgan fingerprint density at radius 3 is 2.38 bits per heavy atom. The molecule has 0 rings (SSSR count). The lowest BCUT2D eigenvalue weighted by Crippen LogP contribution is -2.21. The van der Waals surface area contributed by atoms with Crippen LogP contribution in [0.5, 0.6) is 0 Å². The van der Waals surface area contributed by atoms with Crippen LogP contribution in [0, 0.1) is 0 Å². The fourth-order valence-corrected chi connectivity index (χ4v) is 0.545. The van der Waals surface area contributed by atoms with Crippen molar-refractivity contribution in [2.75, 3.05) is 6.61 Å². The second kappa shape index (κ2) is 2.98. The molecule has 2 N–H and O–H groups in total. The van der Waals surface area contributed by atoms with Crippen molar-refractivity contribution in [1.29, 1.82) is 0 Å². The highest BCUT2D eigenvalue weighted by Gasteiger charge is 2.03. The van der Waals surface area contributed by atoms with Crippen LogP contribution in [0.3, 0.4) is 0 Å². The zero-order valence-electron chi connectivity index (χ0n) is 4.29. The molecule has 0 aromatic heterocycles. The lowest BCUT2D eigenvalue weighted by molar-refractivity contribution is 0.208. The first-order valence-electron chi connectivity index (χ1n) is 1.92. The second-order valence-electron chi connectivity index (χ2n) is 0.952. The molecule has 0 radical (unpaired) electrons. The third kappa shape index (κ3) is 2.92. The van der Waals surface area contributed by atoms with Crippen molar-refractivity contribution in [3.63, 3.8) is 0 Å². The molecule has 50 valence electrons. The molecule has 0 saturated carbocycles. The third-order valence-corrected chi connectivity index (χ3v) is 1.15. The van der Waals surface area contributed by atoms with Crippen molar-refractivity contribution in [3.05, 3.63) is 0 Å². The highest BCUT2D eigenvalue weighted by molar-refractivity contribution is 7.84. The third-order valence-electron chi connectivity index (χ3n) is 0.385. The summed E-state index contributed by atoms with van der Waals surface area (Å²) >= 11 is 0. The van der Waals surface area contributed by atoms with E-state index in [4.69, 9.17) is 5.21 Å². The molecule has 8 heavy (non-hydrogen) atoms. The molecule has 0 heterocycles. The summed E-state index contributed by atoms with van der Waals surface area (Å²) in [5.74, 6) is 0. The molecule has 0 aromatic carbocycles. The molecule has 0 saturated heterocycles. The van der Waals surface area contributed by atoms with Crippen molar-refractivity contribution >= 4 is 10.3 Å². The maximum atomic E-state index is 10.0. The van der Waals surface area contributed by atoms with E-state index in [9.17, 15) is 8.42 Å². The topological polar surface area (TPSA) is 75.6 Å². The second-order valence-corrected chi connectivity index (χ2v) is 2.28. The van der Waals surface area contributed by atoms with E-state index in [1.54, 1.807) is 0 Å². The zero-order valence-corrected chi connectivity index (χ0v) is 5.10. The quantitative estimate of drug-likeness (QED) is 0.507. The first-order chi connectivity index (χ1) is 3.62. The highest BCUT2D eigenvalue weighted by atomic mass is 32.2. The molecular formula is C2H7NO4S. The molecular weight excluding hydrogens is 134 g/mol. The largest absolute Gasteiger partial charge is 0.357 e. The predicted molar refractivity (Wildman–Crippen MR) is 25.5 cm³/mol. The summed E-state index contributed by atoms with van der Waals surface area (Å²) in [5, 5.41) is 7.76. The van der Waals surface area contributed by atoms with Gasteiger partial charge in [0.2, 0.25) is 0 Å². The SMILES string of the molecule is CCOS(=O)(=O)NO. The van der Waals surface area contributed by atoms with Gasteiger partial charge in [-0.25, -0.2) is 0 Å². The molecule has 0 atom stereocenters. The molecule has 0 spiro atoms. The van der Waals surface area contributed by atoms with Gasteiger partial charge in [-0.15, -0.1) is 0 Å². The number of nitrogens with one attached hydrogen (secondary N) is 1. The van der Waals surface area contributed by atoms with Gasteiger partial charge < -0.3 is 5.21 Å². The Morgan fingerprint density at radius 2 is 2.25 bits per heavy atom. The summed E-state index contributed by atoms with van der Waals surface area (Å²) in [7, 11) is -3.86. The zero-order chi connectivity index (χ0) is 6.62. The van der Waals surface area contributed by atoms with Gasteiger partial charge in [0.15, 0.2) is 0 Å². The van der Waals surface area contributed by atoms with Gasteiger partial charge in [0.1, 0.15) is 0 Å². The molecule has 0 fully saturated rings. The molecule has 0 aliphatic heterocycles. The Kier molecular flexibility index (Phi) is 2.91. The van der Waals surface area contributed by atoms with E-state index < -0.39 is 10.3 Å². The molecule has 5 nitrogen and oxygen atoms in total. The van der Waals surface area contributed by atoms with Crippen LogP contribution < -0.4 is 4.89 Å². The van der Waals surface area contributed by atoms with Crippen molar-refractivity contribution in [2.24, 2.45) is 0 Å². The van der Waals surface area contributed by atoms with Gasteiger partial charge in [0, 0.05) is 0 Å². The minimum Gasteiger partial charge on any atom is -0.300 e. The smallest absolute Gasteiger partial charge is 0.300 e. The first-order valence-corrected chi connectivity index (χ1v) is 3.33. The summed E-state index contributed by atoms with van der Waals surface area (Å²) in [5.41, 5.74) is 0. The van der Waals surface area contributed by atoms with Crippen molar-refractivity contribution in [1.82, 2.24) is 4.89 Å². The summed E-state index contributed by atoms with van der Waals surface area (Å²) < 4.78 is 24.0. The van der Waals surface area contributed by atoms with Crippen LogP contribution >= 0.6 is 0 Å². The molecule has 0 aromatic rings. The summed E-state index contributed by atoms with van der Waals surface area (Å²) in [6.07, 6.45) is 0. The van der Waals surface area contributed by atoms with Crippen molar-refractivity contribution < 1.29 is 17.8 Å². The summed E-state index contributed by atoms with van der Waals surface area (Å²) in [4.78, 5) is 0.992. The van der Waals surface area contributed by atoms with Crippen LogP contribution in [0.4, 0.5) is 0 Å². The Labute approximate surface area is 47.5 Å². The Hall–Kier alpha value is -0.170. The van der Waals surface area contributed by atoms with Gasteiger partial charge in [-0.1, -0.05) is 4.89 Å². The van der Waals surface area contributed by atoms with Gasteiger partial charge in [0.25, 0.3) is 0 Å². The standard InChI is InChI=1S/C2H7NO4S/c1-2-7-8(5,6)3-4/h3-4H,2H2,1H3. The first kappa shape index (κ1) is 7.83. The van der Waals surface area contributed by atoms with Gasteiger partial charge in [0.05, 0.1) is 6.61 Å². The Balaban J connectivity index is 3.76. The van der Waals surface area contributed by atoms with Crippen LogP contribution in [0.25, 0.3) is 0 Å². The van der Waals surface area contributed by atoms with Gasteiger partial charge in [-0.05, 0) is 6.92 Å². The maximum absolute atomic E-state index is 10.0. The summed E-state index contributed by atoms with van der Waals surface area (Å²) in [6, 6.07) is 0. The van der Waals surface area contributed by atoms with E-state index in [0.29, 0.717) is 0 Å². The lowest BCUT2D eigenvalue weighted by atomic mass is 10.9. The average molecular weight is 141 g/mol. The number of hydrogen-bond donors (Lipinski definition) is 2. The molecule has 0 amide bonds. The normalized spacial score (nSPS) is 11.8. The fraction of sp³-hybridized carbons (Fsp3) is 1.00. The Bertz CT molecular complexity index is 138. The van der Waals surface area contributed by atoms with E-state index in [1.165, 1.54) is 6.92 Å². The molecule has 0 bridgehead atoms. The van der Waals surface area contributed by atoms with E-state index >= 15 is 0 Å². The van der Waals surface area contributed by atoms with Crippen molar-refractivity contribution in [3.8, 4) is 0 Å². The van der Waals surface area contributed by atoms with Crippen LogP contribution in [-0.4, -0.2) is 20.2 Å². The molecule has 0 aliphatic rings. The average Bonchev–Trinajstić information content (AvgIpc) is 1.67. The fourth-order valence-electron chi connectivity index (χ4n) is 0.182. The van der Waals surface area contributed by atoms with E-state index in [2.05, 4.69) is 4.18 Å². The van der Waals surface area contributed by atoms with Crippen LogP contribution in [0.1, 0.15) is 6.92 Å². The predicted octanol–water partition coefficient (Wildman–Crippen LogP) is -0.754. The van der Waals surface area contributed by atoms with E-state index in [-0.39, 0.29) is 6.61 Å². The van der Waals surface area contributed by atoms with Crippen LogP contribution in [0.15, 0.2) is 0 Å². The minimum absolute atomic E-state index is 0.00981. The van der Waals surface area contributed by atoms with E-state index in [1.807, 2.05) is 0 Å². The number of hydrogen-bond acceptors (Lipinski definition) is 4. The van der Waals surface area contributed by atoms with Crippen molar-refractivity contribution in [2.45, 2.75) is 6.92 Å². The van der Waals surface area contributed by atoms with Gasteiger partial charge in [-0.3, -0.25) is 4.18 Å². The molecule has 0 unspecified atom stereocenters. The van der Waals surface area contributed by atoms with Crippen LogP contribution in [-0.2, 0) is 14.5 Å². The number of rotatable bonds is 3. The lowest BCUT2D eigenvalue weighted by Gasteiger charge is -1.95. The monoisotopic (exact) mass is 141 g/mol. The molecule has 0 aliphatic carbocycles. The van der Waals surface area contributed by atoms with Gasteiger partial charge in [-0.2, -0.15) is 8.42 Å². The maximum Gasteiger partial charge on any atom is 0.357 e. The minimum atomic E-state index is -3.86. The summed E-state index contributed by atoms with van der Waals surface area (Å²) in [6.45, 7) is 1.50. The van der Waals surface area contributed by atoms with Crippen LogP contribution in [0.2, 0.25) is 0 Å². The van der Waals surface area contributed by atoms with E-state index in [0.717, 1.165) is 4.89 Å².